The van der Waals surface area contributed by atoms with Crippen molar-refractivity contribution in [3.8, 4) is 0 Å². The molecule has 0 spiro atoms. The topological polar surface area (TPSA) is 15.8 Å². The second-order valence-corrected chi connectivity index (χ2v) is 1.76. The van der Waals surface area contributed by atoms with Gasteiger partial charge in [-0.2, -0.15) is 0 Å². The van der Waals surface area contributed by atoms with Gasteiger partial charge in [-0.25, -0.2) is 4.39 Å². The van der Waals surface area contributed by atoms with Crippen molar-refractivity contribution in [3.63, 3.8) is 0 Å². The number of hydrogen-bond donors (Lipinski definition) is 1. The lowest BCUT2D eigenvalue weighted by Crippen LogP contribution is -1.76. The van der Waals surface area contributed by atoms with Gasteiger partial charge in [0.25, 0.3) is 0 Å². The molecule has 2 heteroatoms. The molecule has 0 aliphatic carbocycles. The number of alkyl halides is 1. The Morgan fingerprint density at radius 2 is 2.50 bits per heavy atom. The van der Waals surface area contributed by atoms with E-state index in [1.807, 2.05) is 6.92 Å². The van der Waals surface area contributed by atoms with Crippen LogP contribution in [0, 0.1) is 6.92 Å². The van der Waals surface area contributed by atoms with Crippen LogP contribution in [0.15, 0.2) is 12.3 Å². The van der Waals surface area contributed by atoms with Crippen LogP contribution in [0.5, 0.6) is 0 Å². The Hall–Kier alpha value is -0.790. The Labute approximate surface area is 47.5 Å². The number of aromatic nitrogens is 1. The Morgan fingerprint density at radius 3 is 2.75 bits per heavy atom. The summed E-state index contributed by atoms with van der Waals surface area (Å²) in [5.41, 5.74) is 1.68. The predicted octanol–water partition coefficient (Wildman–Crippen LogP) is 1.79. The van der Waals surface area contributed by atoms with Crippen LogP contribution in [0.1, 0.15) is 11.3 Å². The third kappa shape index (κ3) is 0.735. The minimum absolute atomic E-state index is 0.366. The van der Waals surface area contributed by atoms with Crippen molar-refractivity contribution in [1.29, 1.82) is 0 Å². The maximum atomic E-state index is 11.8. The summed E-state index contributed by atoms with van der Waals surface area (Å²) in [6.45, 7) is 1.49. The number of H-pyrrole nitrogens is 1. The normalized spacial score (nSPS) is 9.75. The van der Waals surface area contributed by atoms with E-state index in [1.165, 1.54) is 0 Å². The summed E-state index contributed by atoms with van der Waals surface area (Å²) < 4.78 is 11.8. The second kappa shape index (κ2) is 1.99. The zero-order valence-corrected chi connectivity index (χ0v) is 4.74. The molecule has 0 bridgehead atoms. The van der Waals surface area contributed by atoms with E-state index in [1.54, 1.807) is 12.3 Å². The molecular formula is C6H8FN. The van der Waals surface area contributed by atoms with Crippen LogP contribution in [-0.4, -0.2) is 4.98 Å². The first-order valence-electron chi connectivity index (χ1n) is 2.53. The van der Waals surface area contributed by atoms with Crippen LogP contribution in [0.2, 0.25) is 0 Å². The van der Waals surface area contributed by atoms with E-state index >= 15 is 0 Å². The van der Waals surface area contributed by atoms with Crippen LogP contribution in [0.3, 0.4) is 0 Å². The lowest BCUT2D eigenvalue weighted by atomic mass is 10.3. The number of aromatic amines is 1. The van der Waals surface area contributed by atoms with E-state index in [9.17, 15) is 4.39 Å². The highest BCUT2D eigenvalue weighted by molar-refractivity contribution is 5.17. The molecule has 0 aliphatic heterocycles. The SMILES string of the molecule is Cc1[nH]ccc1CF. The van der Waals surface area contributed by atoms with Crippen LogP contribution < -0.4 is 0 Å². The maximum Gasteiger partial charge on any atom is 0.116 e. The molecule has 0 saturated carbocycles. The highest BCUT2D eigenvalue weighted by Gasteiger charge is 1.93. The van der Waals surface area contributed by atoms with Gasteiger partial charge >= 0.3 is 0 Å². The van der Waals surface area contributed by atoms with Crippen molar-refractivity contribution < 1.29 is 4.39 Å². The first kappa shape index (κ1) is 5.35. The Balaban J connectivity index is 2.92. The fourth-order valence-corrected chi connectivity index (χ4v) is 0.630. The molecular weight excluding hydrogens is 105 g/mol. The van der Waals surface area contributed by atoms with Gasteiger partial charge in [0, 0.05) is 17.5 Å². The number of nitrogens with one attached hydrogen (secondary N) is 1. The average Bonchev–Trinajstić information content (AvgIpc) is 2.14. The van der Waals surface area contributed by atoms with Gasteiger partial charge in [0.1, 0.15) is 6.67 Å². The van der Waals surface area contributed by atoms with E-state index < -0.39 is 0 Å². The van der Waals surface area contributed by atoms with Gasteiger partial charge in [-0.3, -0.25) is 0 Å². The summed E-state index contributed by atoms with van der Waals surface area (Å²) in [5.74, 6) is 0. The van der Waals surface area contributed by atoms with Crippen LogP contribution >= 0.6 is 0 Å². The van der Waals surface area contributed by atoms with Gasteiger partial charge in [-0.1, -0.05) is 0 Å². The molecule has 0 atom stereocenters. The standard InChI is InChI=1S/C6H8FN/c1-5-6(4-7)2-3-8-5/h2-3,8H,4H2,1H3. The van der Waals surface area contributed by atoms with Crippen molar-refractivity contribution in [3.05, 3.63) is 23.5 Å². The Kier molecular flexibility index (Phi) is 1.33. The predicted molar refractivity (Wildman–Crippen MR) is 30.3 cm³/mol. The largest absolute Gasteiger partial charge is 0.365 e. The molecule has 44 valence electrons. The van der Waals surface area contributed by atoms with Gasteiger partial charge in [0.05, 0.1) is 0 Å². The van der Waals surface area contributed by atoms with Crippen molar-refractivity contribution >= 4 is 0 Å². The summed E-state index contributed by atoms with van der Waals surface area (Å²) in [7, 11) is 0. The van der Waals surface area contributed by atoms with Gasteiger partial charge in [-0.15, -0.1) is 0 Å². The molecule has 1 N–H and O–H groups in total. The quantitative estimate of drug-likeness (QED) is 0.571. The summed E-state index contributed by atoms with van der Waals surface area (Å²) in [4.78, 5) is 2.88. The summed E-state index contributed by atoms with van der Waals surface area (Å²) in [6.07, 6.45) is 1.74. The molecule has 8 heavy (non-hydrogen) atoms. The van der Waals surface area contributed by atoms with E-state index in [2.05, 4.69) is 4.98 Å². The zero-order chi connectivity index (χ0) is 5.98. The average molecular weight is 113 g/mol. The molecule has 0 aliphatic rings. The molecule has 0 amide bonds. The van der Waals surface area contributed by atoms with Crippen molar-refractivity contribution in [2.45, 2.75) is 13.6 Å². The Bertz CT molecular complexity index is 169. The van der Waals surface area contributed by atoms with Gasteiger partial charge in [-0.05, 0) is 13.0 Å². The lowest BCUT2D eigenvalue weighted by Gasteiger charge is -1.86. The van der Waals surface area contributed by atoms with Gasteiger partial charge in [0.2, 0.25) is 0 Å². The molecule has 0 fully saturated rings. The fraction of sp³-hybridized carbons (Fsp3) is 0.333. The van der Waals surface area contributed by atoms with Gasteiger partial charge in [0.15, 0.2) is 0 Å². The second-order valence-electron chi connectivity index (χ2n) is 1.76. The lowest BCUT2D eigenvalue weighted by molar-refractivity contribution is 0.484. The molecule has 0 radical (unpaired) electrons. The van der Waals surface area contributed by atoms with Crippen LogP contribution in [-0.2, 0) is 6.67 Å². The molecule has 0 aromatic carbocycles. The molecule has 0 unspecified atom stereocenters. The Morgan fingerprint density at radius 1 is 1.75 bits per heavy atom. The maximum absolute atomic E-state index is 11.8. The number of aryl methyl sites for hydroxylation is 1. The first-order valence-corrected chi connectivity index (χ1v) is 2.53. The number of halogens is 1. The molecule has 1 nitrogen and oxygen atoms in total. The minimum atomic E-state index is -0.366. The van der Waals surface area contributed by atoms with Crippen LogP contribution in [0.4, 0.5) is 4.39 Å². The van der Waals surface area contributed by atoms with E-state index in [4.69, 9.17) is 0 Å². The van der Waals surface area contributed by atoms with E-state index in [-0.39, 0.29) is 6.67 Å². The highest BCUT2D eigenvalue weighted by atomic mass is 19.1. The number of rotatable bonds is 1. The van der Waals surface area contributed by atoms with Crippen molar-refractivity contribution in [1.82, 2.24) is 4.98 Å². The number of hydrogen-bond acceptors (Lipinski definition) is 0. The zero-order valence-electron chi connectivity index (χ0n) is 4.74. The summed E-state index contributed by atoms with van der Waals surface area (Å²) in [5, 5.41) is 0. The monoisotopic (exact) mass is 113 g/mol. The molecule has 1 rings (SSSR count). The van der Waals surface area contributed by atoms with Crippen molar-refractivity contribution in [2.75, 3.05) is 0 Å². The smallest absolute Gasteiger partial charge is 0.116 e. The molecule has 1 aromatic heterocycles. The third-order valence-electron chi connectivity index (χ3n) is 1.21. The molecule has 1 heterocycles. The van der Waals surface area contributed by atoms with Gasteiger partial charge < -0.3 is 4.98 Å². The highest BCUT2D eigenvalue weighted by Crippen LogP contribution is 2.04. The van der Waals surface area contributed by atoms with Crippen molar-refractivity contribution in [2.24, 2.45) is 0 Å². The summed E-state index contributed by atoms with van der Waals surface area (Å²) in [6, 6.07) is 1.75. The molecule has 1 aromatic rings. The third-order valence-corrected chi connectivity index (χ3v) is 1.21. The molecule has 0 saturated heterocycles. The summed E-state index contributed by atoms with van der Waals surface area (Å²) >= 11 is 0. The van der Waals surface area contributed by atoms with Crippen LogP contribution in [0.25, 0.3) is 0 Å². The van der Waals surface area contributed by atoms with E-state index in [0.717, 1.165) is 11.3 Å². The fourth-order valence-electron chi connectivity index (χ4n) is 0.630. The van der Waals surface area contributed by atoms with E-state index in [0.29, 0.717) is 0 Å². The first-order chi connectivity index (χ1) is 3.84. The minimum Gasteiger partial charge on any atom is -0.365 e.